The van der Waals surface area contributed by atoms with Crippen LogP contribution in [-0.4, -0.2) is 24.9 Å². The zero-order valence-corrected chi connectivity index (χ0v) is 10.2. The summed E-state index contributed by atoms with van der Waals surface area (Å²) in [6.45, 7) is 3.08. The fourth-order valence-electron chi connectivity index (χ4n) is 1.65. The van der Waals surface area contributed by atoms with E-state index in [0.717, 1.165) is 0 Å². The predicted molar refractivity (Wildman–Crippen MR) is 62.7 cm³/mol. The molecular weight excluding hydrogens is 216 g/mol. The molecule has 0 saturated carbocycles. The molecule has 1 heterocycles. The number of rotatable bonds is 2. The lowest BCUT2D eigenvalue weighted by Crippen LogP contribution is -2.18. The molecule has 5 heteroatoms. The fraction of sp³-hybridized carbons (Fsp3) is 0.333. The summed E-state index contributed by atoms with van der Waals surface area (Å²) in [6.07, 6.45) is 0. The number of carbonyl (C=O) groups is 1. The van der Waals surface area contributed by atoms with Crippen LogP contribution in [0.3, 0.4) is 0 Å². The van der Waals surface area contributed by atoms with Crippen LogP contribution in [-0.2, 0) is 0 Å². The minimum atomic E-state index is -0.167. The van der Waals surface area contributed by atoms with E-state index in [1.54, 1.807) is 25.9 Å². The van der Waals surface area contributed by atoms with Crippen molar-refractivity contribution in [3.63, 3.8) is 0 Å². The van der Waals surface area contributed by atoms with Crippen LogP contribution >= 0.6 is 0 Å². The third kappa shape index (κ3) is 2.09. The Hall–Kier alpha value is -2.40. The third-order valence-corrected chi connectivity index (χ3v) is 2.42. The molecule has 5 nitrogen and oxygen atoms in total. The zero-order chi connectivity index (χ0) is 13.2. The zero-order valence-electron chi connectivity index (χ0n) is 10.2. The van der Waals surface area contributed by atoms with Crippen LogP contribution in [0.2, 0.25) is 0 Å². The Bertz CT molecular complexity index is 561. The Morgan fingerprint density at radius 3 is 2.24 bits per heavy atom. The van der Waals surface area contributed by atoms with E-state index in [1.807, 2.05) is 12.1 Å². The second-order valence-corrected chi connectivity index (χ2v) is 3.83. The minimum Gasteiger partial charge on any atom is -0.362 e. The number of pyridine rings is 1. The van der Waals surface area contributed by atoms with E-state index in [4.69, 9.17) is 10.5 Å². The van der Waals surface area contributed by atoms with E-state index in [-0.39, 0.29) is 17.0 Å². The van der Waals surface area contributed by atoms with Crippen molar-refractivity contribution < 1.29 is 4.79 Å². The number of hydrogen-bond acceptors (Lipinski definition) is 5. The van der Waals surface area contributed by atoms with E-state index in [9.17, 15) is 4.79 Å². The second kappa shape index (κ2) is 4.63. The molecule has 0 aliphatic carbocycles. The summed E-state index contributed by atoms with van der Waals surface area (Å²) in [5, 5.41) is 17.9. The van der Waals surface area contributed by atoms with Crippen LogP contribution in [0.4, 0.5) is 5.82 Å². The van der Waals surface area contributed by atoms with E-state index in [0.29, 0.717) is 16.9 Å². The van der Waals surface area contributed by atoms with Crippen molar-refractivity contribution in [2.75, 3.05) is 19.0 Å². The number of carbonyl (C=O) groups excluding carboxylic acids is 1. The van der Waals surface area contributed by atoms with Gasteiger partial charge >= 0.3 is 0 Å². The third-order valence-electron chi connectivity index (χ3n) is 2.42. The molecule has 0 aliphatic rings. The Kier molecular flexibility index (Phi) is 3.45. The topological polar surface area (TPSA) is 80.8 Å². The summed E-state index contributed by atoms with van der Waals surface area (Å²) < 4.78 is 0. The molecule has 1 aromatic rings. The van der Waals surface area contributed by atoms with E-state index in [1.165, 1.54) is 6.92 Å². The van der Waals surface area contributed by atoms with Gasteiger partial charge in [0.1, 0.15) is 18.0 Å². The average molecular weight is 228 g/mol. The Labute approximate surface area is 99.9 Å². The van der Waals surface area contributed by atoms with Gasteiger partial charge in [0.05, 0.1) is 11.1 Å². The van der Waals surface area contributed by atoms with Crippen LogP contribution in [0, 0.1) is 29.6 Å². The molecule has 0 saturated heterocycles. The molecule has 0 radical (unpaired) electrons. The quantitative estimate of drug-likeness (QED) is 0.715. The summed E-state index contributed by atoms with van der Waals surface area (Å²) >= 11 is 0. The van der Waals surface area contributed by atoms with Crippen LogP contribution in [0.15, 0.2) is 0 Å². The highest BCUT2D eigenvalue weighted by Gasteiger charge is 2.20. The van der Waals surface area contributed by atoms with Gasteiger partial charge in [-0.2, -0.15) is 10.5 Å². The van der Waals surface area contributed by atoms with E-state index < -0.39 is 0 Å². The first-order chi connectivity index (χ1) is 7.93. The standard InChI is InChI=1S/C12H12N4O/c1-7-9(5-13)10(6-14)15-12(16(3)4)11(7)8(2)17/h1-4H3. The lowest BCUT2D eigenvalue weighted by Gasteiger charge is -2.17. The van der Waals surface area contributed by atoms with Crippen molar-refractivity contribution in [1.29, 1.82) is 10.5 Å². The lowest BCUT2D eigenvalue weighted by atomic mass is 10.00. The van der Waals surface area contributed by atoms with Gasteiger partial charge in [0.25, 0.3) is 0 Å². The van der Waals surface area contributed by atoms with Crippen molar-refractivity contribution in [3.8, 4) is 12.1 Å². The van der Waals surface area contributed by atoms with Crippen LogP contribution < -0.4 is 4.90 Å². The van der Waals surface area contributed by atoms with Gasteiger partial charge < -0.3 is 4.90 Å². The monoisotopic (exact) mass is 228 g/mol. The van der Waals surface area contributed by atoms with Crippen LogP contribution in [0.1, 0.15) is 34.1 Å². The Balaban J connectivity index is 3.77. The van der Waals surface area contributed by atoms with Crippen molar-refractivity contribution in [2.24, 2.45) is 0 Å². The summed E-state index contributed by atoms with van der Waals surface area (Å²) in [6, 6.07) is 3.80. The number of Topliss-reactive ketones (excluding diaryl/α,β-unsaturated/α-hetero) is 1. The SMILES string of the molecule is CC(=O)c1c(N(C)C)nc(C#N)c(C#N)c1C. The number of nitriles is 2. The Morgan fingerprint density at radius 1 is 1.29 bits per heavy atom. The number of nitrogens with zero attached hydrogens (tertiary/aromatic N) is 4. The number of hydrogen-bond donors (Lipinski definition) is 0. The predicted octanol–water partition coefficient (Wildman–Crippen LogP) is 1.40. The van der Waals surface area contributed by atoms with Gasteiger partial charge in [-0.3, -0.25) is 4.79 Å². The van der Waals surface area contributed by atoms with Crippen molar-refractivity contribution in [3.05, 3.63) is 22.4 Å². The normalized spacial score (nSPS) is 9.29. The van der Waals surface area contributed by atoms with Crippen molar-refractivity contribution >= 4 is 11.6 Å². The van der Waals surface area contributed by atoms with Gasteiger partial charge in [0.15, 0.2) is 11.5 Å². The molecule has 0 fully saturated rings. The summed E-state index contributed by atoms with van der Waals surface area (Å²) in [5.41, 5.74) is 1.13. The van der Waals surface area contributed by atoms with Crippen LogP contribution in [0.25, 0.3) is 0 Å². The fourth-order valence-corrected chi connectivity index (χ4v) is 1.65. The molecule has 0 spiro atoms. The maximum atomic E-state index is 11.6. The largest absolute Gasteiger partial charge is 0.362 e. The molecule has 0 bridgehead atoms. The second-order valence-electron chi connectivity index (χ2n) is 3.83. The molecule has 17 heavy (non-hydrogen) atoms. The molecular formula is C12H12N4O. The van der Waals surface area contributed by atoms with Gasteiger partial charge in [0, 0.05) is 14.1 Å². The van der Waals surface area contributed by atoms with Gasteiger partial charge in [0.2, 0.25) is 0 Å². The summed E-state index contributed by atoms with van der Waals surface area (Å²) in [4.78, 5) is 17.3. The number of aromatic nitrogens is 1. The van der Waals surface area contributed by atoms with Gasteiger partial charge in [-0.25, -0.2) is 4.98 Å². The first-order valence-corrected chi connectivity index (χ1v) is 4.97. The number of ketones is 1. The molecule has 0 aliphatic heterocycles. The van der Waals surface area contributed by atoms with Crippen molar-refractivity contribution in [1.82, 2.24) is 4.98 Å². The highest BCUT2D eigenvalue weighted by molar-refractivity contribution is 6.01. The molecule has 86 valence electrons. The molecule has 0 aromatic carbocycles. The summed E-state index contributed by atoms with van der Waals surface area (Å²) in [5.74, 6) is 0.255. The highest BCUT2D eigenvalue weighted by Crippen LogP contribution is 2.25. The maximum absolute atomic E-state index is 11.6. The number of anilines is 1. The summed E-state index contributed by atoms with van der Waals surface area (Å²) in [7, 11) is 3.48. The molecule has 1 aromatic heterocycles. The minimum absolute atomic E-state index is 0.0544. The van der Waals surface area contributed by atoms with Gasteiger partial charge in [-0.1, -0.05) is 0 Å². The molecule has 1 rings (SSSR count). The average Bonchev–Trinajstić information content (AvgIpc) is 2.26. The van der Waals surface area contributed by atoms with Gasteiger partial charge in [-0.05, 0) is 19.4 Å². The van der Waals surface area contributed by atoms with Gasteiger partial charge in [-0.15, -0.1) is 0 Å². The molecule has 0 atom stereocenters. The molecule has 0 amide bonds. The van der Waals surface area contributed by atoms with E-state index in [2.05, 4.69) is 4.98 Å². The Morgan fingerprint density at radius 2 is 1.88 bits per heavy atom. The smallest absolute Gasteiger partial charge is 0.163 e. The molecule has 0 N–H and O–H groups in total. The van der Waals surface area contributed by atoms with Crippen molar-refractivity contribution in [2.45, 2.75) is 13.8 Å². The first-order valence-electron chi connectivity index (χ1n) is 4.97. The highest BCUT2D eigenvalue weighted by atomic mass is 16.1. The molecule has 0 unspecified atom stereocenters. The van der Waals surface area contributed by atoms with Crippen LogP contribution in [0.5, 0.6) is 0 Å². The maximum Gasteiger partial charge on any atom is 0.163 e. The first kappa shape index (κ1) is 12.7. The lowest BCUT2D eigenvalue weighted by molar-refractivity contribution is 0.101. The van der Waals surface area contributed by atoms with E-state index >= 15 is 0 Å².